The summed E-state index contributed by atoms with van der Waals surface area (Å²) in [6, 6.07) is 12.9. The van der Waals surface area contributed by atoms with E-state index in [4.69, 9.17) is 4.74 Å². The number of amides is 2. The SMILES string of the molecule is CN(C)S(=O)(=O)N(C)c1ccc(C(=O)Nc2ccccc2C(=O)NCC2CCCO2)cc1. The molecular weight excluding hydrogens is 432 g/mol. The van der Waals surface area contributed by atoms with Crippen LogP contribution >= 0.6 is 0 Å². The average molecular weight is 461 g/mol. The van der Waals surface area contributed by atoms with E-state index >= 15 is 0 Å². The van der Waals surface area contributed by atoms with Gasteiger partial charge >= 0.3 is 10.2 Å². The average Bonchev–Trinajstić information content (AvgIpc) is 3.31. The van der Waals surface area contributed by atoms with Gasteiger partial charge in [-0.1, -0.05) is 12.1 Å². The molecular formula is C22H28N4O5S. The highest BCUT2D eigenvalue weighted by atomic mass is 32.2. The zero-order valence-corrected chi connectivity index (χ0v) is 19.2. The Morgan fingerprint density at radius 2 is 1.72 bits per heavy atom. The van der Waals surface area contributed by atoms with Crippen molar-refractivity contribution in [2.24, 2.45) is 0 Å². The number of nitrogens with zero attached hydrogens (tertiary/aromatic N) is 2. The monoisotopic (exact) mass is 460 g/mol. The lowest BCUT2D eigenvalue weighted by atomic mass is 10.1. The molecule has 2 aromatic carbocycles. The van der Waals surface area contributed by atoms with Gasteiger partial charge in [-0.2, -0.15) is 12.7 Å². The summed E-state index contributed by atoms with van der Waals surface area (Å²) in [5, 5.41) is 5.62. The molecule has 1 atom stereocenters. The van der Waals surface area contributed by atoms with E-state index < -0.39 is 16.1 Å². The van der Waals surface area contributed by atoms with Crippen LogP contribution in [0.3, 0.4) is 0 Å². The summed E-state index contributed by atoms with van der Waals surface area (Å²) in [7, 11) is 0.707. The van der Waals surface area contributed by atoms with E-state index in [0.29, 0.717) is 35.7 Å². The van der Waals surface area contributed by atoms with E-state index in [2.05, 4.69) is 10.6 Å². The van der Waals surface area contributed by atoms with Crippen LogP contribution in [0.15, 0.2) is 48.5 Å². The number of carbonyl (C=O) groups is 2. The predicted octanol–water partition coefficient (Wildman–Crippen LogP) is 2.09. The minimum atomic E-state index is -3.63. The number of hydrogen-bond acceptors (Lipinski definition) is 5. The highest BCUT2D eigenvalue weighted by Gasteiger charge is 2.22. The van der Waals surface area contributed by atoms with Crippen molar-refractivity contribution in [2.75, 3.05) is 43.9 Å². The van der Waals surface area contributed by atoms with Gasteiger partial charge in [-0.3, -0.25) is 13.9 Å². The molecule has 1 unspecified atom stereocenters. The second kappa shape index (κ2) is 10.1. The highest BCUT2D eigenvalue weighted by Crippen LogP contribution is 2.20. The normalized spacial score (nSPS) is 16.1. The van der Waals surface area contributed by atoms with Crippen molar-refractivity contribution >= 4 is 33.4 Å². The summed E-state index contributed by atoms with van der Waals surface area (Å²) in [5.74, 6) is -0.698. The van der Waals surface area contributed by atoms with Gasteiger partial charge in [-0.15, -0.1) is 0 Å². The van der Waals surface area contributed by atoms with Crippen molar-refractivity contribution in [3.8, 4) is 0 Å². The Labute approximate surface area is 188 Å². The van der Waals surface area contributed by atoms with E-state index in [0.717, 1.165) is 21.5 Å². The van der Waals surface area contributed by atoms with Gasteiger partial charge in [0.15, 0.2) is 0 Å². The Bertz CT molecular complexity index is 1060. The lowest BCUT2D eigenvalue weighted by molar-refractivity contribution is 0.0858. The maximum absolute atomic E-state index is 12.7. The number of rotatable bonds is 8. The summed E-state index contributed by atoms with van der Waals surface area (Å²) < 4.78 is 32.3. The zero-order chi connectivity index (χ0) is 23.3. The lowest BCUT2D eigenvalue weighted by Crippen LogP contribution is -2.37. The third kappa shape index (κ3) is 5.45. The van der Waals surface area contributed by atoms with Crippen LogP contribution in [-0.2, 0) is 14.9 Å². The number of hydrogen-bond donors (Lipinski definition) is 2. The fourth-order valence-corrected chi connectivity index (χ4v) is 4.17. The third-order valence-electron chi connectivity index (χ3n) is 5.23. The highest BCUT2D eigenvalue weighted by molar-refractivity contribution is 7.90. The summed E-state index contributed by atoms with van der Waals surface area (Å²) >= 11 is 0. The van der Waals surface area contributed by atoms with E-state index in [-0.39, 0.29) is 12.0 Å². The second-order valence-corrected chi connectivity index (χ2v) is 9.82. The second-order valence-electron chi connectivity index (χ2n) is 7.65. The molecule has 2 aromatic rings. The van der Waals surface area contributed by atoms with Gasteiger partial charge in [-0.05, 0) is 49.2 Å². The zero-order valence-electron chi connectivity index (χ0n) is 18.4. The maximum Gasteiger partial charge on any atom is 0.303 e. The molecule has 0 saturated carbocycles. The largest absolute Gasteiger partial charge is 0.376 e. The molecule has 1 heterocycles. The van der Waals surface area contributed by atoms with Crippen molar-refractivity contribution in [1.82, 2.24) is 9.62 Å². The van der Waals surface area contributed by atoms with E-state index in [9.17, 15) is 18.0 Å². The Balaban J connectivity index is 1.69. The third-order valence-corrected chi connectivity index (χ3v) is 7.06. The van der Waals surface area contributed by atoms with Crippen LogP contribution in [0.1, 0.15) is 33.6 Å². The first-order chi connectivity index (χ1) is 15.2. The topological polar surface area (TPSA) is 108 Å². The molecule has 0 radical (unpaired) electrons. The minimum Gasteiger partial charge on any atom is -0.376 e. The van der Waals surface area contributed by atoms with E-state index in [1.165, 1.54) is 33.3 Å². The van der Waals surface area contributed by atoms with Crippen LogP contribution in [0.25, 0.3) is 0 Å². The first-order valence-electron chi connectivity index (χ1n) is 10.3. The molecule has 9 nitrogen and oxygen atoms in total. The molecule has 1 saturated heterocycles. The molecule has 2 N–H and O–H groups in total. The molecule has 1 aliphatic heterocycles. The number of carbonyl (C=O) groups excluding carboxylic acids is 2. The van der Waals surface area contributed by atoms with Gasteiger partial charge in [0, 0.05) is 39.9 Å². The fourth-order valence-electron chi connectivity index (χ4n) is 3.29. The lowest BCUT2D eigenvalue weighted by Gasteiger charge is -2.23. The molecule has 0 aliphatic carbocycles. The van der Waals surface area contributed by atoms with Gasteiger partial charge in [-0.25, -0.2) is 0 Å². The first-order valence-corrected chi connectivity index (χ1v) is 11.7. The summed E-state index contributed by atoms with van der Waals surface area (Å²) in [5.41, 5.74) is 1.49. The summed E-state index contributed by atoms with van der Waals surface area (Å²) in [6.07, 6.45) is 1.93. The van der Waals surface area contributed by atoms with Crippen molar-refractivity contribution in [3.63, 3.8) is 0 Å². The summed E-state index contributed by atoms with van der Waals surface area (Å²) in [4.78, 5) is 25.4. The Kier molecular flexibility index (Phi) is 7.49. The molecule has 1 fully saturated rings. The van der Waals surface area contributed by atoms with E-state index in [1.54, 1.807) is 36.4 Å². The van der Waals surface area contributed by atoms with Gasteiger partial charge < -0.3 is 15.4 Å². The molecule has 1 aliphatic rings. The number of ether oxygens (including phenoxy) is 1. The quantitative estimate of drug-likeness (QED) is 0.627. The molecule has 10 heteroatoms. The van der Waals surface area contributed by atoms with Crippen LogP contribution < -0.4 is 14.9 Å². The Morgan fingerprint density at radius 1 is 1.03 bits per heavy atom. The van der Waals surface area contributed by atoms with Gasteiger partial charge in [0.2, 0.25) is 0 Å². The van der Waals surface area contributed by atoms with Crippen molar-refractivity contribution in [2.45, 2.75) is 18.9 Å². The number of anilines is 2. The smallest absolute Gasteiger partial charge is 0.303 e. The number of benzene rings is 2. The summed E-state index contributed by atoms with van der Waals surface area (Å²) in [6.45, 7) is 1.13. The molecule has 0 spiro atoms. The fraction of sp³-hybridized carbons (Fsp3) is 0.364. The van der Waals surface area contributed by atoms with Crippen LogP contribution in [0.2, 0.25) is 0 Å². The Morgan fingerprint density at radius 3 is 2.34 bits per heavy atom. The van der Waals surface area contributed by atoms with Crippen LogP contribution in [-0.4, -0.2) is 64.9 Å². The standard InChI is InChI=1S/C22H28N4O5S/c1-25(2)32(29,30)26(3)17-12-10-16(11-13-17)21(27)24-20-9-5-4-8-19(20)22(28)23-15-18-7-6-14-31-18/h4-5,8-13,18H,6-7,14-15H2,1-3H3,(H,23,28)(H,24,27). The molecule has 172 valence electrons. The molecule has 3 rings (SSSR count). The van der Waals surface area contributed by atoms with Gasteiger partial charge in [0.1, 0.15) is 0 Å². The predicted molar refractivity (Wildman–Crippen MR) is 123 cm³/mol. The van der Waals surface area contributed by atoms with Gasteiger partial charge in [0.25, 0.3) is 11.8 Å². The maximum atomic E-state index is 12.7. The molecule has 0 aromatic heterocycles. The van der Waals surface area contributed by atoms with Crippen molar-refractivity contribution in [1.29, 1.82) is 0 Å². The van der Waals surface area contributed by atoms with Crippen molar-refractivity contribution in [3.05, 3.63) is 59.7 Å². The van der Waals surface area contributed by atoms with Gasteiger partial charge in [0.05, 0.1) is 23.0 Å². The molecule has 0 bridgehead atoms. The number of nitrogens with one attached hydrogen (secondary N) is 2. The van der Waals surface area contributed by atoms with E-state index in [1.807, 2.05) is 0 Å². The number of para-hydroxylation sites is 1. The van der Waals surface area contributed by atoms with Crippen LogP contribution in [0.4, 0.5) is 11.4 Å². The molecule has 32 heavy (non-hydrogen) atoms. The van der Waals surface area contributed by atoms with Crippen LogP contribution in [0.5, 0.6) is 0 Å². The minimum absolute atomic E-state index is 0.0219. The molecule has 2 amide bonds. The van der Waals surface area contributed by atoms with Crippen LogP contribution in [0, 0.1) is 0 Å². The van der Waals surface area contributed by atoms with Crippen molar-refractivity contribution < 1.29 is 22.7 Å². The first kappa shape index (κ1) is 23.7. The Hall–Kier alpha value is -2.95.